The summed E-state index contributed by atoms with van der Waals surface area (Å²) in [5, 5.41) is 8.15. The lowest BCUT2D eigenvalue weighted by Crippen LogP contribution is -2.20. The number of nitrogens with zero attached hydrogens (tertiary/aromatic N) is 3. The number of anilines is 1. The number of amides is 1. The van der Waals surface area contributed by atoms with Crippen molar-refractivity contribution in [3.05, 3.63) is 81.7 Å². The van der Waals surface area contributed by atoms with Crippen LogP contribution in [0.1, 0.15) is 24.0 Å². The van der Waals surface area contributed by atoms with E-state index in [4.69, 9.17) is 4.74 Å². The normalized spacial score (nSPS) is 10.9. The Morgan fingerprint density at radius 3 is 2.75 bits per heavy atom. The maximum absolute atomic E-state index is 12.4. The number of ether oxygens (including phenoxy) is 1. The Morgan fingerprint density at radius 1 is 1.16 bits per heavy atom. The van der Waals surface area contributed by atoms with Crippen LogP contribution in [0.2, 0.25) is 0 Å². The van der Waals surface area contributed by atoms with Gasteiger partial charge in [0.1, 0.15) is 10.8 Å². The first kappa shape index (κ1) is 22.0. The predicted molar refractivity (Wildman–Crippen MR) is 128 cm³/mol. The Balaban J connectivity index is 1.42. The summed E-state index contributed by atoms with van der Waals surface area (Å²) in [5.41, 5.74) is 1.20. The number of hydrogen-bond donors (Lipinski definition) is 1. The third kappa shape index (κ3) is 5.54. The molecule has 7 nitrogen and oxygen atoms in total. The van der Waals surface area contributed by atoms with Crippen LogP contribution in [-0.2, 0) is 17.0 Å². The molecule has 0 aliphatic heterocycles. The summed E-state index contributed by atoms with van der Waals surface area (Å²) in [6, 6.07) is 18.3. The van der Waals surface area contributed by atoms with Gasteiger partial charge in [-0.1, -0.05) is 48.6 Å². The van der Waals surface area contributed by atoms with E-state index < -0.39 is 0 Å². The first-order chi connectivity index (χ1) is 15.6. The minimum Gasteiger partial charge on any atom is -0.484 e. The van der Waals surface area contributed by atoms with Crippen LogP contribution < -0.4 is 15.6 Å². The zero-order chi connectivity index (χ0) is 22.3. The van der Waals surface area contributed by atoms with Gasteiger partial charge >= 0.3 is 0 Å². The van der Waals surface area contributed by atoms with Crippen LogP contribution in [0.5, 0.6) is 5.75 Å². The molecule has 0 aliphatic rings. The zero-order valence-corrected chi connectivity index (χ0v) is 19.1. The molecule has 4 rings (SSSR count). The number of rotatable bonds is 9. The number of para-hydroxylation sites is 2. The minimum atomic E-state index is -0.243. The number of fused-ring (bicyclic) bond motifs is 1. The van der Waals surface area contributed by atoms with Gasteiger partial charge in [0.2, 0.25) is 4.96 Å². The van der Waals surface area contributed by atoms with E-state index in [1.807, 2.05) is 42.5 Å². The van der Waals surface area contributed by atoms with Crippen LogP contribution >= 0.6 is 23.1 Å². The largest absolute Gasteiger partial charge is 0.484 e. The number of carbonyl (C=O) groups is 1. The van der Waals surface area contributed by atoms with Crippen molar-refractivity contribution in [2.45, 2.75) is 30.4 Å². The summed E-state index contributed by atoms with van der Waals surface area (Å²) in [4.78, 5) is 30.9. The van der Waals surface area contributed by atoms with Crippen LogP contribution in [-0.4, -0.2) is 27.1 Å². The van der Waals surface area contributed by atoms with Crippen molar-refractivity contribution in [3.8, 4) is 5.75 Å². The summed E-state index contributed by atoms with van der Waals surface area (Å²) in [6.45, 7) is 2.00. The lowest BCUT2D eigenvalue weighted by Gasteiger charge is -2.11. The van der Waals surface area contributed by atoms with Crippen LogP contribution in [0.25, 0.3) is 4.96 Å². The second-order valence-electron chi connectivity index (χ2n) is 6.96. The Morgan fingerprint density at radius 2 is 1.94 bits per heavy atom. The lowest BCUT2D eigenvalue weighted by atomic mass is 10.3. The summed E-state index contributed by atoms with van der Waals surface area (Å²) < 4.78 is 6.88. The van der Waals surface area contributed by atoms with Crippen LogP contribution in [0.15, 0.2) is 70.4 Å². The fourth-order valence-electron chi connectivity index (χ4n) is 2.98. The average molecular weight is 467 g/mol. The highest BCUT2D eigenvalue weighted by atomic mass is 32.2. The predicted octanol–water partition coefficient (Wildman–Crippen LogP) is 4.41. The van der Waals surface area contributed by atoms with Gasteiger partial charge in [0.25, 0.3) is 11.5 Å². The molecule has 164 valence electrons. The molecule has 0 bridgehead atoms. The van der Waals surface area contributed by atoms with E-state index in [0.29, 0.717) is 27.8 Å². The van der Waals surface area contributed by atoms with Gasteiger partial charge in [-0.2, -0.15) is 9.61 Å². The van der Waals surface area contributed by atoms with Crippen molar-refractivity contribution in [3.63, 3.8) is 0 Å². The molecule has 4 aromatic rings. The monoisotopic (exact) mass is 466 g/mol. The van der Waals surface area contributed by atoms with E-state index in [1.165, 1.54) is 33.7 Å². The molecule has 9 heteroatoms. The van der Waals surface area contributed by atoms with Crippen molar-refractivity contribution >= 4 is 39.7 Å². The first-order valence-electron chi connectivity index (χ1n) is 10.2. The summed E-state index contributed by atoms with van der Waals surface area (Å²) >= 11 is 2.96. The van der Waals surface area contributed by atoms with Crippen molar-refractivity contribution in [2.24, 2.45) is 0 Å². The van der Waals surface area contributed by atoms with E-state index in [1.54, 1.807) is 12.1 Å². The molecule has 0 fully saturated rings. The molecule has 32 heavy (non-hydrogen) atoms. The summed E-state index contributed by atoms with van der Waals surface area (Å²) in [5.74, 6) is 0.899. The highest BCUT2D eigenvalue weighted by Gasteiger charge is 2.11. The topological polar surface area (TPSA) is 85.6 Å². The Kier molecular flexibility index (Phi) is 7.18. The van der Waals surface area contributed by atoms with Gasteiger partial charge in [-0.25, -0.2) is 4.98 Å². The summed E-state index contributed by atoms with van der Waals surface area (Å²) in [6.07, 6.45) is 1.80. The van der Waals surface area contributed by atoms with Gasteiger partial charge in [0.15, 0.2) is 6.61 Å². The Labute approximate surface area is 193 Å². The smallest absolute Gasteiger partial charge is 0.275 e. The maximum Gasteiger partial charge on any atom is 0.275 e. The van der Waals surface area contributed by atoms with E-state index in [2.05, 4.69) is 22.3 Å². The first-order valence-corrected chi connectivity index (χ1v) is 12.0. The van der Waals surface area contributed by atoms with E-state index in [0.717, 1.165) is 22.7 Å². The molecule has 0 aliphatic carbocycles. The molecule has 0 unspecified atom stereocenters. The van der Waals surface area contributed by atoms with E-state index in [9.17, 15) is 9.59 Å². The molecule has 2 aromatic carbocycles. The number of nitrogens with one attached hydrogen (secondary N) is 1. The number of hydrogen-bond acceptors (Lipinski definition) is 7. The van der Waals surface area contributed by atoms with E-state index >= 15 is 0 Å². The summed E-state index contributed by atoms with van der Waals surface area (Å²) in [7, 11) is 0. The highest BCUT2D eigenvalue weighted by Crippen LogP contribution is 2.29. The molecule has 1 N–H and O–H groups in total. The molecule has 0 spiro atoms. The standard InChI is InChI=1S/C23H22N4O3S2/c1-2-8-21-26-27-22(29)13-16(24-23(27)32-21)15-31-19-12-7-6-11-18(19)25-20(28)14-30-17-9-4-3-5-10-17/h3-7,9-13H,2,8,14-15H2,1H3,(H,25,28). The Hall–Kier alpha value is -3.17. The van der Waals surface area contributed by atoms with Crippen molar-refractivity contribution in [1.82, 2.24) is 14.6 Å². The molecule has 0 saturated heterocycles. The number of carbonyl (C=O) groups excluding carboxylic acids is 1. The maximum atomic E-state index is 12.4. The molecular formula is C23H22N4O3S2. The Bertz CT molecular complexity index is 1270. The number of aromatic nitrogens is 3. The van der Waals surface area contributed by atoms with Gasteiger partial charge in [-0.15, -0.1) is 11.8 Å². The average Bonchev–Trinajstić information content (AvgIpc) is 3.21. The third-order valence-corrected chi connectivity index (χ3v) is 6.53. The van der Waals surface area contributed by atoms with Gasteiger partial charge < -0.3 is 10.1 Å². The number of aryl methyl sites for hydroxylation is 1. The zero-order valence-electron chi connectivity index (χ0n) is 17.5. The number of benzene rings is 2. The van der Waals surface area contributed by atoms with E-state index in [-0.39, 0.29) is 18.1 Å². The molecule has 0 saturated carbocycles. The minimum absolute atomic E-state index is 0.0799. The quantitative estimate of drug-likeness (QED) is 0.368. The van der Waals surface area contributed by atoms with Gasteiger partial charge in [0.05, 0.1) is 11.4 Å². The van der Waals surface area contributed by atoms with Crippen molar-refractivity contribution in [2.75, 3.05) is 11.9 Å². The molecule has 0 atom stereocenters. The molecule has 2 aromatic heterocycles. The highest BCUT2D eigenvalue weighted by molar-refractivity contribution is 7.98. The lowest BCUT2D eigenvalue weighted by molar-refractivity contribution is -0.118. The molecule has 1 amide bonds. The SMILES string of the molecule is CCCc1nn2c(=O)cc(CSc3ccccc3NC(=O)COc3ccccc3)nc2s1. The van der Waals surface area contributed by atoms with Crippen molar-refractivity contribution < 1.29 is 9.53 Å². The van der Waals surface area contributed by atoms with Crippen LogP contribution in [0, 0.1) is 0 Å². The van der Waals surface area contributed by atoms with Crippen LogP contribution in [0.4, 0.5) is 5.69 Å². The van der Waals surface area contributed by atoms with Gasteiger partial charge in [-0.05, 0) is 30.7 Å². The van der Waals surface area contributed by atoms with Gasteiger partial charge in [0, 0.05) is 23.1 Å². The fraction of sp³-hybridized carbons (Fsp3) is 0.217. The fourth-order valence-corrected chi connectivity index (χ4v) is 4.90. The second kappa shape index (κ2) is 10.4. The number of thioether (sulfide) groups is 1. The molecular weight excluding hydrogens is 444 g/mol. The second-order valence-corrected chi connectivity index (χ2v) is 9.02. The van der Waals surface area contributed by atoms with Gasteiger partial charge in [-0.3, -0.25) is 9.59 Å². The molecule has 0 radical (unpaired) electrons. The van der Waals surface area contributed by atoms with Crippen LogP contribution in [0.3, 0.4) is 0 Å². The van der Waals surface area contributed by atoms with Crippen molar-refractivity contribution in [1.29, 1.82) is 0 Å². The molecule has 2 heterocycles. The third-order valence-electron chi connectivity index (χ3n) is 4.45.